The fourth-order valence-corrected chi connectivity index (χ4v) is 2.54. The Morgan fingerprint density at radius 1 is 1.53 bits per heavy atom. The van der Waals surface area contributed by atoms with E-state index >= 15 is 0 Å². The summed E-state index contributed by atoms with van der Waals surface area (Å²) in [4.78, 5) is 11.9. The quantitative estimate of drug-likeness (QED) is 0.854. The zero-order valence-electron chi connectivity index (χ0n) is 9.62. The summed E-state index contributed by atoms with van der Waals surface area (Å²) >= 11 is 2.27. The van der Waals surface area contributed by atoms with Crippen molar-refractivity contribution < 1.29 is 9.53 Å². The van der Waals surface area contributed by atoms with E-state index in [1.165, 1.54) is 3.57 Å². The highest BCUT2D eigenvalue weighted by molar-refractivity contribution is 14.1. The SMILES string of the molecule is O=C(NCc1cccc(I)c1)C1CCCOC1. The molecule has 1 atom stereocenters. The Balaban J connectivity index is 1.83. The molecule has 2 rings (SSSR count). The lowest BCUT2D eigenvalue weighted by Gasteiger charge is -2.21. The topological polar surface area (TPSA) is 38.3 Å². The molecule has 0 aromatic heterocycles. The molecule has 3 nitrogen and oxygen atoms in total. The van der Waals surface area contributed by atoms with Crippen LogP contribution < -0.4 is 5.32 Å². The fourth-order valence-electron chi connectivity index (χ4n) is 1.93. The van der Waals surface area contributed by atoms with Crippen molar-refractivity contribution in [2.24, 2.45) is 5.92 Å². The molecule has 92 valence electrons. The molecule has 1 fully saturated rings. The van der Waals surface area contributed by atoms with E-state index in [2.05, 4.69) is 34.0 Å². The lowest BCUT2D eigenvalue weighted by Crippen LogP contribution is -2.35. The van der Waals surface area contributed by atoms with Gasteiger partial charge in [-0.2, -0.15) is 0 Å². The van der Waals surface area contributed by atoms with Crippen LogP contribution in [-0.4, -0.2) is 19.1 Å². The van der Waals surface area contributed by atoms with Gasteiger partial charge in [0.05, 0.1) is 12.5 Å². The summed E-state index contributed by atoms with van der Waals surface area (Å²) in [5.74, 6) is 0.148. The second-order valence-corrected chi connectivity index (χ2v) is 5.51. The van der Waals surface area contributed by atoms with Gasteiger partial charge < -0.3 is 10.1 Å². The highest BCUT2D eigenvalue weighted by Crippen LogP contribution is 2.14. The number of carbonyl (C=O) groups excluding carboxylic acids is 1. The van der Waals surface area contributed by atoms with Crippen LogP contribution in [0.25, 0.3) is 0 Å². The van der Waals surface area contributed by atoms with Crippen molar-refractivity contribution in [1.82, 2.24) is 5.32 Å². The van der Waals surface area contributed by atoms with Crippen LogP contribution in [0, 0.1) is 9.49 Å². The third-order valence-electron chi connectivity index (χ3n) is 2.89. The largest absolute Gasteiger partial charge is 0.381 e. The maximum Gasteiger partial charge on any atom is 0.225 e. The van der Waals surface area contributed by atoms with Crippen LogP contribution in [0.1, 0.15) is 18.4 Å². The molecule has 17 heavy (non-hydrogen) atoms. The molecule has 1 amide bonds. The number of benzene rings is 1. The van der Waals surface area contributed by atoms with Crippen LogP contribution in [0.15, 0.2) is 24.3 Å². The van der Waals surface area contributed by atoms with Crippen molar-refractivity contribution in [3.8, 4) is 0 Å². The Bertz CT molecular complexity index is 389. The third kappa shape index (κ3) is 3.96. The summed E-state index contributed by atoms with van der Waals surface area (Å²) in [6, 6.07) is 8.16. The maximum atomic E-state index is 11.9. The number of halogens is 1. The van der Waals surface area contributed by atoms with Crippen molar-refractivity contribution >= 4 is 28.5 Å². The van der Waals surface area contributed by atoms with Crippen LogP contribution in [0.4, 0.5) is 0 Å². The molecule has 0 radical (unpaired) electrons. The number of hydrogen-bond donors (Lipinski definition) is 1. The second kappa shape index (κ2) is 6.35. The number of rotatable bonds is 3. The molecule has 1 saturated heterocycles. The summed E-state index contributed by atoms with van der Waals surface area (Å²) < 4.78 is 6.50. The number of hydrogen-bond acceptors (Lipinski definition) is 2. The number of nitrogens with one attached hydrogen (secondary N) is 1. The van der Waals surface area contributed by atoms with Crippen LogP contribution in [-0.2, 0) is 16.1 Å². The van der Waals surface area contributed by atoms with Crippen LogP contribution >= 0.6 is 22.6 Å². The van der Waals surface area contributed by atoms with Gasteiger partial charge in [-0.3, -0.25) is 4.79 Å². The lowest BCUT2D eigenvalue weighted by atomic mass is 10.0. The zero-order valence-corrected chi connectivity index (χ0v) is 11.8. The standard InChI is InChI=1S/C13H16INO2/c14-12-5-1-3-10(7-12)8-15-13(16)11-4-2-6-17-9-11/h1,3,5,7,11H,2,4,6,8-9H2,(H,15,16). The Morgan fingerprint density at radius 2 is 2.41 bits per heavy atom. The van der Waals surface area contributed by atoms with Gasteiger partial charge in [-0.15, -0.1) is 0 Å². The van der Waals surface area contributed by atoms with E-state index in [-0.39, 0.29) is 11.8 Å². The van der Waals surface area contributed by atoms with Crippen molar-refractivity contribution in [1.29, 1.82) is 0 Å². The second-order valence-electron chi connectivity index (χ2n) is 4.26. The molecule has 0 spiro atoms. The molecular weight excluding hydrogens is 329 g/mol. The Labute approximate surface area is 115 Å². The van der Waals surface area contributed by atoms with E-state index in [1.807, 2.05) is 18.2 Å². The van der Waals surface area contributed by atoms with Crippen LogP contribution in [0.2, 0.25) is 0 Å². The minimum absolute atomic E-state index is 0.0338. The Hall–Kier alpha value is -0.620. The number of carbonyl (C=O) groups is 1. The summed E-state index contributed by atoms with van der Waals surface area (Å²) in [6.45, 7) is 1.96. The van der Waals surface area contributed by atoms with Gasteiger partial charge in [-0.05, 0) is 53.1 Å². The summed E-state index contributed by atoms with van der Waals surface area (Å²) in [5.41, 5.74) is 1.14. The summed E-state index contributed by atoms with van der Waals surface area (Å²) in [5, 5.41) is 2.97. The molecule has 0 saturated carbocycles. The fraction of sp³-hybridized carbons (Fsp3) is 0.462. The first kappa shape index (κ1) is 12.8. The molecule has 1 unspecified atom stereocenters. The molecule has 1 aromatic carbocycles. The van der Waals surface area contributed by atoms with Crippen molar-refractivity contribution in [2.75, 3.05) is 13.2 Å². The predicted molar refractivity (Wildman–Crippen MR) is 74.5 cm³/mol. The average Bonchev–Trinajstić information content (AvgIpc) is 2.37. The van der Waals surface area contributed by atoms with Gasteiger partial charge in [-0.25, -0.2) is 0 Å². The minimum Gasteiger partial charge on any atom is -0.381 e. The van der Waals surface area contributed by atoms with E-state index in [0.29, 0.717) is 13.2 Å². The van der Waals surface area contributed by atoms with E-state index in [9.17, 15) is 4.79 Å². The smallest absolute Gasteiger partial charge is 0.225 e. The molecule has 1 aliphatic heterocycles. The molecule has 1 aliphatic rings. The summed E-state index contributed by atoms with van der Waals surface area (Å²) in [6.07, 6.45) is 1.93. The summed E-state index contributed by atoms with van der Waals surface area (Å²) in [7, 11) is 0. The van der Waals surface area contributed by atoms with Crippen LogP contribution in [0.5, 0.6) is 0 Å². The molecular formula is C13H16INO2. The first-order valence-corrected chi connectivity index (χ1v) is 6.93. The number of ether oxygens (including phenoxy) is 1. The van der Waals surface area contributed by atoms with Gasteiger partial charge in [0.2, 0.25) is 5.91 Å². The van der Waals surface area contributed by atoms with E-state index in [0.717, 1.165) is 25.0 Å². The Kier molecular flexibility index (Phi) is 4.79. The van der Waals surface area contributed by atoms with Crippen molar-refractivity contribution in [2.45, 2.75) is 19.4 Å². The van der Waals surface area contributed by atoms with Gasteiger partial charge in [0, 0.05) is 16.7 Å². The van der Waals surface area contributed by atoms with Gasteiger partial charge in [0.1, 0.15) is 0 Å². The average molecular weight is 345 g/mol. The highest BCUT2D eigenvalue weighted by atomic mass is 127. The lowest BCUT2D eigenvalue weighted by molar-refractivity contribution is -0.129. The van der Waals surface area contributed by atoms with Gasteiger partial charge in [-0.1, -0.05) is 12.1 Å². The highest BCUT2D eigenvalue weighted by Gasteiger charge is 2.21. The van der Waals surface area contributed by atoms with Crippen molar-refractivity contribution in [3.63, 3.8) is 0 Å². The molecule has 4 heteroatoms. The molecule has 0 aliphatic carbocycles. The maximum absolute atomic E-state index is 11.9. The minimum atomic E-state index is 0.0338. The number of amides is 1. The zero-order chi connectivity index (χ0) is 12.1. The molecule has 1 N–H and O–H groups in total. The first-order valence-electron chi connectivity index (χ1n) is 5.85. The molecule has 0 bridgehead atoms. The van der Waals surface area contributed by atoms with E-state index in [4.69, 9.17) is 4.74 Å². The normalized spacial score (nSPS) is 19.9. The van der Waals surface area contributed by atoms with Crippen LogP contribution in [0.3, 0.4) is 0 Å². The third-order valence-corrected chi connectivity index (χ3v) is 3.56. The molecule has 1 aromatic rings. The van der Waals surface area contributed by atoms with Gasteiger partial charge >= 0.3 is 0 Å². The Morgan fingerprint density at radius 3 is 3.12 bits per heavy atom. The van der Waals surface area contributed by atoms with E-state index in [1.54, 1.807) is 0 Å². The van der Waals surface area contributed by atoms with E-state index < -0.39 is 0 Å². The van der Waals surface area contributed by atoms with Crippen molar-refractivity contribution in [3.05, 3.63) is 33.4 Å². The predicted octanol–water partition coefficient (Wildman–Crippen LogP) is 2.33. The monoisotopic (exact) mass is 345 g/mol. The van der Waals surface area contributed by atoms with Gasteiger partial charge in [0.15, 0.2) is 0 Å². The molecule has 1 heterocycles. The van der Waals surface area contributed by atoms with Gasteiger partial charge in [0.25, 0.3) is 0 Å². The first-order chi connectivity index (χ1) is 8.25.